The van der Waals surface area contributed by atoms with Crippen LogP contribution >= 0.6 is 0 Å². The van der Waals surface area contributed by atoms with Crippen LogP contribution in [0.3, 0.4) is 0 Å². The maximum atomic E-state index is 8.89. The van der Waals surface area contributed by atoms with Crippen molar-refractivity contribution in [2.24, 2.45) is 0 Å². The fourth-order valence-electron chi connectivity index (χ4n) is 1.63. The molecule has 0 amide bonds. The molecular formula is C12H13NO. The average molecular weight is 187 g/mol. The molecule has 0 saturated carbocycles. The van der Waals surface area contributed by atoms with Crippen molar-refractivity contribution < 1.29 is 5.11 Å². The zero-order valence-electron chi connectivity index (χ0n) is 8.20. The van der Waals surface area contributed by atoms with Gasteiger partial charge in [0.1, 0.15) is 0 Å². The van der Waals surface area contributed by atoms with E-state index in [1.807, 2.05) is 31.2 Å². The van der Waals surface area contributed by atoms with E-state index in [2.05, 4.69) is 11.1 Å². The molecule has 1 heterocycles. The number of hydrogen-bond acceptors (Lipinski definition) is 2. The molecule has 2 rings (SSSR count). The van der Waals surface area contributed by atoms with Gasteiger partial charge in [0, 0.05) is 17.7 Å². The first-order valence-corrected chi connectivity index (χ1v) is 4.77. The van der Waals surface area contributed by atoms with Crippen LogP contribution in [-0.4, -0.2) is 16.7 Å². The molecule has 0 fully saturated rings. The summed E-state index contributed by atoms with van der Waals surface area (Å²) < 4.78 is 0. The molecule has 1 aromatic carbocycles. The van der Waals surface area contributed by atoms with E-state index in [0.717, 1.165) is 22.2 Å². The molecule has 1 aromatic heterocycles. The third kappa shape index (κ3) is 1.61. The second-order valence-electron chi connectivity index (χ2n) is 3.40. The number of aryl methyl sites for hydroxylation is 1. The van der Waals surface area contributed by atoms with Crippen molar-refractivity contribution in [3.63, 3.8) is 0 Å². The number of fused-ring (bicyclic) bond motifs is 1. The van der Waals surface area contributed by atoms with Crippen LogP contribution in [0.2, 0.25) is 0 Å². The molecular weight excluding hydrogens is 174 g/mol. The lowest BCUT2D eigenvalue weighted by molar-refractivity contribution is 0.299. The molecule has 1 N–H and O–H groups in total. The van der Waals surface area contributed by atoms with Crippen molar-refractivity contribution in [2.75, 3.05) is 6.61 Å². The number of para-hydroxylation sites is 1. The maximum absolute atomic E-state index is 8.89. The van der Waals surface area contributed by atoms with Gasteiger partial charge < -0.3 is 5.11 Å². The maximum Gasteiger partial charge on any atom is 0.0705 e. The number of aliphatic hydroxyl groups excluding tert-OH is 1. The van der Waals surface area contributed by atoms with Crippen molar-refractivity contribution in [1.82, 2.24) is 4.98 Å². The van der Waals surface area contributed by atoms with E-state index in [4.69, 9.17) is 5.11 Å². The minimum absolute atomic E-state index is 0.181. The van der Waals surface area contributed by atoms with Gasteiger partial charge in [-0.2, -0.15) is 0 Å². The minimum atomic E-state index is 0.181. The Morgan fingerprint density at radius 1 is 1.29 bits per heavy atom. The molecule has 0 aliphatic heterocycles. The topological polar surface area (TPSA) is 33.1 Å². The number of benzene rings is 1. The quantitative estimate of drug-likeness (QED) is 0.780. The van der Waals surface area contributed by atoms with E-state index in [1.165, 1.54) is 0 Å². The monoisotopic (exact) mass is 187 g/mol. The van der Waals surface area contributed by atoms with E-state index in [-0.39, 0.29) is 6.61 Å². The van der Waals surface area contributed by atoms with E-state index in [1.54, 1.807) is 0 Å². The molecule has 0 atom stereocenters. The normalized spacial score (nSPS) is 10.7. The molecule has 0 radical (unpaired) electrons. The van der Waals surface area contributed by atoms with Crippen molar-refractivity contribution >= 4 is 10.9 Å². The Morgan fingerprint density at radius 3 is 2.86 bits per heavy atom. The summed E-state index contributed by atoms with van der Waals surface area (Å²) in [7, 11) is 0. The Morgan fingerprint density at radius 2 is 2.07 bits per heavy atom. The van der Waals surface area contributed by atoms with Crippen LogP contribution < -0.4 is 0 Å². The first-order chi connectivity index (χ1) is 6.81. The molecule has 0 unspecified atom stereocenters. The lowest BCUT2D eigenvalue weighted by Crippen LogP contribution is -1.96. The fraction of sp³-hybridized carbons (Fsp3) is 0.250. The summed E-state index contributed by atoms with van der Waals surface area (Å²) >= 11 is 0. The molecule has 72 valence electrons. The molecule has 0 bridgehead atoms. The first kappa shape index (κ1) is 9.16. The Bertz CT molecular complexity index is 451. The summed E-state index contributed by atoms with van der Waals surface area (Å²) in [6.45, 7) is 2.16. The second-order valence-corrected chi connectivity index (χ2v) is 3.40. The molecule has 0 aliphatic carbocycles. The van der Waals surface area contributed by atoms with Crippen LogP contribution in [0.1, 0.15) is 11.3 Å². The van der Waals surface area contributed by atoms with Crippen LogP contribution in [0.4, 0.5) is 0 Å². The summed E-state index contributed by atoms with van der Waals surface area (Å²) in [4.78, 5) is 4.48. The lowest BCUT2D eigenvalue weighted by atomic mass is 10.1. The van der Waals surface area contributed by atoms with Crippen LogP contribution in [0, 0.1) is 6.92 Å². The summed E-state index contributed by atoms with van der Waals surface area (Å²) in [5.41, 5.74) is 3.16. The fourth-order valence-corrected chi connectivity index (χ4v) is 1.63. The predicted octanol–water partition coefficient (Wildman–Crippen LogP) is 2.08. The molecule has 2 aromatic rings. The van der Waals surface area contributed by atoms with Gasteiger partial charge in [-0.25, -0.2) is 0 Å². The van der Waals surface area contributed by atoms with Gasteiger partial charge in [-0.05, 0) is 31.0 Å². The van der Waals surface area contributed by atoms with Crippen LogP contribution in [0.5, 0.6) is 0 Å². The van der Waals surface area contributed by atoms with Crippen LogP contribution in [0.25, 0.3) is 10.9 Å². The van der Waals surface area contributed by atoms with Gasteiger partial charge in [0.15, 0.2) is 0 Å². The summed E-state index contributed by atoms with van der Waals surface area (Å²) in [5.74, 6) is 0. The van der Waals surface area contributed by atoms with Gasteiger partial charge in [0.05, 0.1) is 5.52 Å². The Hall–Kier alpha value is -1.41. The van der Waals surface area contributed by atoms with E-state index in [9.17, 15) is 0 Å². The standard InChI is InChI=1S/C12H13NO/c1-9-10(6-7-14)8-11-4-2-3-5-12(11)13-9/h2-5,8,14H,6-7H2,1H3. The number of hydrogen-bond donors (Lipinski definition) is 1. The van der Waals surface area contributed by atoms with Gasteiger partial charge in [-0.15, -0.1) is 0 Å². The first-order valence-electron chi connectivity index (χ1n) is 4.77. The van der Waals surface area contributed by atoms with Crippen molar-refractivity contribution in [2.45, 2.75) is 13.3 Å². The highest BCUT2D eigenvalue weighted by atomic mass is 16.2. The number of pyridine rings is 1. The summed E-state index contributed by atoms with van der Waals surface area (Å²) in [6, 6.07) is 10.1. The highest BCUT2D eigenvalue weighted by molar-refractivity contribution is 5.79. The molecule has 14 heavy (non-hydrogen) atoms. The molecule has 2 nitrogen and oxygen atoms in total. The molecule has 0 aliphatic rings. The summed E-state index contributed by atoms with van der Waals surface area (Å²) in [5, 5.41) is 10.0. The minimum Gasteiger partial charge on any atom is -0.396 e. The lowest BCUT2D eigenvalue weighted by Gasteiger charge is -2.05. The van der Waals surface area contributed by atoms with E-state index in [0.29, 0.717) is 6.42 Å². The van der Waals surface area contributed by atoms with Gasteiger partial charge in [-0.3, -0.25) is 4.98 Å². The van der Waals surface area contributed by atoms with Gasteiger partial charge in [0.25, 0.3) is 0 Å². The number of aliphatic hydroxyl groups is 1. The number of rotatable bonds is 2. The zero-order chi connectivity index (χ0) is 9.97. The Balaban J connectivity index is 2.59. The number of nitrogens with zero attached hydrogens (tertiary/aromatic N) is 1. The van der Waals surface area contributed by atoms with Crippen molar-refractivity contribution in [1.29, 1.82) is 0 Å². The molecule has 0 spiro atoms. The third-order valence-corrected chi connectivity index (χ3v) is 2.40. The number of aromatic nitrogens is 1. The summed E-state index contributed by atoms with van der Waals surface area (Å²) in [6.07, 6.45) is 0.684. The Kier molecular flexibility index (Phi) is 2.46. The van der Waals surface area contributed by atoms with Crippen LogP contribution in [-0.2, 0) is 6.42 Å². The SMILES string of the molecule is Cc1nc2ccccc2cc1CCO. The van der Waals surface area contributed by atoms with Gasteiger partial charge in [0.2, 0.25) is 0 Å². The second kappa shape index (κ2) is 3.76. The van der Waals surface area contributed by atoms with E-state index < -0.39 is 0 Å². The third-order valence-electron chi connectivity index (χ3n) is 2.40. The van der Waals surface area contributed by atoms with Crippen LogP contribution in [0.15, 0.2) is 30.3 Å². The van der Waals surface area contributed by atoms with E-state index >= 15 is 0 Å². The van der Waals surface area contributed by atoms with Crippen molar-refractivity contribution in [3.8, 4) is 0 Å². The average Bonchev–Trinajstić information content (AvgIpc) is 2.19. The predicted molar refractivity (Wildman–Crippen MR) is 57.3 cm³/mol. The highest BCUT2D eigenvalue weighted by Gasteiger charge is 2.01. The highest BCUT2D eigenvalue weighted by Crippen LogP contribution is 2.16. The van der Waals surface area contributed by atoms with Gasteiger partial charge >= 0.3 is 0 Å². The smallest absolute Gasteiger partial charge is 0.0705 e. The van der Waals surface area contributed by atoms with Gasteiger partial charge in [-0.1, -0.05) is 18.2 Å². The largest absolute Gasteiger partial charge is 0.396 e. The zero-order valence-corrected chi connectivity index (χ0v) is 8.20. The molecule has 0 saturated heterocycles. The Labute approximate surface area is 83.2 Å². The molecule has 2 heteroatoms. The van der Waals surface area contributed by atoms with Crippen molar-refractivity contribution in [3.05, 3.63) is 41.6 Å².